The third-order valence-electron chi connectivity index (χ3n) is 4.97. The highest BCUT2D eigenvalue weighted by molar-refractivity contribution is 6.11. The Kier molecular flexibility index (Phi) is 3.69. The van der Waals surface area contributed by atoms with Crippen molar-refractivity contribution in [1.29, 1.82) is 0 Å². The number of aromatic nitrogens is 3. The van der Waals surface area contributed by atoms with Crippen LogP contribution in [0.25, 0.3) is 11.0 Å². The van der Waals surface area contributed by atoms with Crippen LogP contribution >= 0.6 is 0 Å². The minimum atomic E-state index is 0.389. The van der Waals surface area contributed by atoms with E-state index in [1.807, 2.05) is 18.3 Å². The number of fused-ring (bicyclic) bond motifs is 2. The van der Waals surface area contributed by atoms with E-state index in [-0.39, 0.29) is 0 Å². The molecule has 0 N–H and O–H groups in total. The van der Waals surface area contributed by atoms with Crippen molar-refractivity contribution >= 4 is 27.0 Å². The predicted molar refractivity (Wildman–Crippen MR) is 97.7 cm³/mol. The summed E-state index contributed by atoms with van der Waals surface area (Å²) in [5.74, 6) is 1.11. The first kappa shape index (κ1) is 14.5. The lowest BCUT2D eigenvalue weighted by Gasteiger charge is -2.32. The number of imidazole rings is 1. The number of pyridine rings is 1. The van der Waals surface area contributed by atoms with E-state index in [4.69, 9.17) is 4.98 Å². The zero-order valence-electron chi connectivity index (χ0n) is 13.7. The second-order valence-electron chi connectivity index (χ2n) is 6.45. The first-order valence-corrected chi connectivity index (χ1v) is 8.28. The molecule has 4 rings (SSSR count). The van der Waals surface area contributed by atoms with Crippen molar-refractivity contribution < 1.29 is 0 Å². The Labute approximate surface area is 138 Å². The minimum Gasteiger partial charge on any atom is -0.380 e. The average Bonchev–Trinajstić information content (AvgIpc) is 2.90. The van der Waals surface area contributed by atoms with Crippen molar-refractivity contribution in [1.82, 2.24) is 19.3 Å². The van der Waals surface area contributed by atoms with Crippen molar-refractivity contribution in [2.45, 2.75) is 31.8 Å². The Morgan fingerprint density at radius 2 is 2.09 bits per heavy atom. The smallest absolute Gasteiger partial charge is 0.225 e. The molecule has 0 amide bonds. The van der Waals surface area contributed by atoms with Crippen LogP contribution in [0.15, 0.2) is 42.6 Å². The van der Waals surface area contributed by atoms with Gasteiger partial charge in [0.15, 0.2) is 7.98 Å². The van der Waals surface area contributed by atoms with Gasteiger partial charge in [0.2, 0.25) is 7.98 Å². The van der Waals surface area contributed by atoms with E-state index in [0.29, 0.717) is 6.04 Å². The van der Waals surface area contributed by atoms with Gasteiger partial charge in [-0.15, -0.1) is 0 Å². The van der Waals surface area contributed by atoms with Gasteiger partial charge in [0, 0.05) is 18.8 Å². The van der Waals surface area contributed by atoms with Gasteiger partial charge in [0.05, 0.1) is 16.7 Å². The molecule has 2 aromatic heterocycles. The molecule has 1 aromatic carbocycles. The van der Waals surface area contributed by atoms with Crippen molar-refractivity contribution in [3.8, 4) is 0 Å². The van der Waals surface area contributed by atoms with E-state index < -0.39 is 0 Å². The third-order valence-corrected chi connectivity index (χ3v) is 4.97. The number of hydrogen-bond acceptors (Lipinski definition) is 3. The van der Waals surface area contributed by atoms with Crippen molar-refractivity contribution in [3.05, 3.63) is 59.7 Å². The van der Waals surface area contributed by atoms with Gasteiger partial charge in [0.1, 0.15) is 5.82 Å². The molecule has 1 atom stereocenters. The summed E-state index contributed by atoms with van der Waals surface area (Å²) in [5.41, 5.74) is 4.92. The highest BCUT2D eigenvalue weighted by atomic mass is 15.1. The molecule has 1 aliphatic rings. The largest absolute Gasteiger partial charge is 0.380 e. The summed E-state index contributed by atoms with van der Waals surface area (Å²) in [5, 5.41) is 0. The summed E-state index contributed by atoms with van der Waals surface area (Å²) in [6, 6.07) is 13.0. The van der Waals surface area contributed by atoms with Gasteiger partial charge in [-0.2, -0.15) is 0 Å². The summed E-state index contributed by atoms with van der Waals surface area (Å²) in [7, 11) is 4.29. The molecule has 0 radical (unpaired) electrons. The van der Waals surface area contributed by atoms with Gasteiger partial charge in [0.25, 0.3) is 0 Å². The topological polar surface area (TPSA) is 34.0 Å². The first-order chi connectivity index (χ1) is 11.2. The molecule has 0 bridgehead atoms. The third kappa shape index (κ3) is 2.57. The maximum atomic E-state index is 4.80. The average molecular weight is 302 g/mol. The van der Waals surface area contributed by atoms with Crippen LogP contribution in [0.3, 0.4) is 0 Å². The van der Waals surface area contributed by atoms with Gasteiger partial charge in [-0.3, -0.25) is 4.98 Å². The molecule has 1 aliphatic carbocycles. The quantitative estimate of drug-likeness (QED) is 0.683. The van der Waals surface area contributed by atoms with Crippen LogP contribution < -0.4 is 0 Å². The summed E-state index contributed by atoms with van der Waals surface area (Å²) in [6.07, 6.45) is 5.47. The van der Waals surface area contributed by atoms with E-state index in [1.54, 1.807) is 0 Å². The summed E-state index contributed by atoms with van der Waals surface area (Å²) in [4.78, 5) is 11.9. The van der Waals surface area contributed by atoms with Crippen LogP contribution in [0.5, 0.6) is 0 Å². The molecule has 0 saturated carbocycles. The lowest BCUT2D eigenvalue weighted by Crippen LogP contribution is -2.30. The Balaban J connectivity index is 1.63. The number of benzene rings is 1. The molecule has 0 aliphatic heterocycles. The lowest BCUT2D eigenvalue weighted by atomic mass is 9.89. The van der Waals surface area contributed by atoms with Gasteiger partial charge in [-0.1, -0.05) is 18.2 Å². The minimum absolute atomic E-state index is 0.389. The van der Waals surface area contributed by atoms with Crippen molar-refractivity contribution in [2.75, 3.05) is 0 Å². The van der Waals surface area contributed by atoms with E-state index in [2.05, 4.69) is 54.5 Å². The van der Waals surface area contributed by atoms with Crippen LogP contribution in [0.2, 0.25) is 0 Å². The molecule has 2 heterocycles. The van der Waals surface area contributed by atoms with Crippen LogP contribution in [-0.4, -0.2) is 35.2 Å². The zero-order valence-corrected chi connectivity index (χ0v) is 13.7. The maximum absolute atomic E-state index is 4.80. The van der Waals surface area contributed by atoms with Crippen LogP contribution in [-0.2, 0) is 13.0 Å². The molecule has 23 heavy (non-hydrogen) atoms. The fraction of sp³-hybridized carbons (Fsp3) is 0.294. The van der Waals surface area contributed by atoms with Gasteiger partial charge in [-0.05, 0) is 43.0 Å². The number of aryl methyl sites for hydroxylation is 1. The predicted octanol–water partition coefficient (Wildman–Crippen LogP) is 1.26. The first-order valence-electron chi connectivity index (χ1n) is 8.28. The number of hydrogen-bond donors (Lipinski definition) is 0. The molecule has 0 spiro atoms. The molecule has 6 heteroatoms. The molecule has 4 nitrogen and oxygen atoms in total. The standard InChI is InChI=1S/C17H20B2N4/c18-22(15-9-3-5-12-6-4-10-20-17(12)15)11-16-21-13-7-1-2-8-14(13)23(16)19/h1-2,4,6-8,10,15H,3,5,9,11,18-19H2. The fourth-order valence-electron chi connectivity index (χ4n) is 3.68. The SMILES string of the molecule is BN(Cc1nc2ccccc2n1B)C1CCCc2cccnc21. The highest BCUT2D eigenvalue weighted by Gasteiger charge is 2.25. The number of nitrogens with zero attached hydrogens (tertiary/aromatic N) is 4. The van der Waals surface area contributed by atoms with Gasteiger partial charge < -0.3 is 9.29 Å². The summed E-state index contributed by atoms with van der Waals surface area (Å²) in [6.45, 7) is 0.839. The molecule has 1 unspecified atom stereocenters. The molecular formula is C17H20B2N4. The van der Waals surface area contributed by atoms with Gasteiger partial charge in [-0.25, -0.2) is 4.98 Å². The molecular weight excluding hydrogens is 282 g/mol. The summed E-state index contributed by atoms with van der Waals surface area (Å²) < 4.78 is 2.20. The fourth-order valence-corrected chi connectivity index (χ4v) is 3.68. The maximum Gasteiger partial charge on any atom is 0.225 e. The number of para-hydroxylation sites is 2. The Morgan fingerprint density at radius 3 is 2.96 bits per heavy atom. The lowest BCUT2D eigenvalue weighted by molar-refractivity contribution is 0.289. The van der Waals surface area contributed by atoms with E-state index in [0.717, 1.165) is 24.3 Å². The van der Waals surface area contributed by atoms with E-state index in [9.17, 15) is 0 Å². The monoisotopic (exact) mass is 302 g/mol. The van der Waals surface area contributed by atoms with Gasteiger partial charge >= 0.3 is 0 Å². The Bertz CT molecular complexity index is 845. The number of rotatable bonds is 3. The van der Waals surface area contributed by atoms with Crippen LogP contribution in [0.1, 0.15) is 36.0 Å². The molecule has 114 valence electrons. The molecule has 3 aromatic rings. The van der Waals surface area contributed by atoms with Crippen LogP contribution in [0, 0.1) is 0 Å². The Hall–Kier alpha value is -2.07. The second kappa shape index (κ2) is 5.85. The van der Waals surface area contributed by atoms with Crippen molar-refractivity contribution in [2.24, 2.45) is 0 Å². The van der Waals surface area contributed by atoms with Crippen molar-refractivity contribution in [3.63, 3.8) is 0 Å². The molecule has 0 fully saturated rings. The van der Waals surface area contributed by atoms with E-state index >= 15 is 0 Å². The second-order valence-corrected chi connectivity index (χ2v) is 6.45. The molecule has 0 saturated heterocycles. The summed E-state index contributed by atoms with van der Waals surface area (Å²) >= 11 is 0. The normalized spacial score (nSPS) is 17.5. The van der Waals surface area contributed by atoms with Crippen LogP contribution in [0.4, 0.5) is 0 Å². The highest BCUT2D eigenvalue weighted by Crippen LogP contribution is 2.32. The Morgan fingerprint density at radius 1 is 1.22 bits per heavy atom. The van der Waals surface area contributed by atoms with E-state index in [1.165, 1.54) is 29.6 Å². The zero-order chi connectivity index (χ0) is 15.8.